The van der Waals surface area contributed by atoms with Crippen LogP contribution in [0, 0.1) is 5.82 Å². The van der Waals surface area contributed by atoms with Crippen LogP contribution in [0.1, 0.15) is 11.1 Å². The Morgan fingerprint density at radius 2 is 1.84 bits per heavy atom. The van der Waals surface area contributed by atoms with E-state index in [-0.39, 0.29) is 16.6 Å². The highest BCUT2D eigenvalue weighted by atomic mass is 32.2. The summed E-state index contributed by atoms with van der Waals surface area (Å²) in [5.41, 5.74) is 0.171. The lowest BCUT2D eigenvalue weighted by atomic mass is 10.2. The maximum absolute atomic E-state index is 13.4. The fourth-order valence-electron chi connectivity index (χ4n) is 1.98. The zero-order valence-corrected chi connectivity index (χ0v) is 14.7. The maximum atomic E-state index is 13.4. The lowest BCUT2D eigenvalue weighted by Crippen LogP contribution is -2.30. The van der Waals surface area contributed by atoms with Gasteiger partial charge in [-0.15, -0.1) is 0 Å². The average molecular weight is 388 g/mol. The standard InChI is InChI=1S/C17H16F4N2S2/c18-15-7-2-1-4-12(15)11-25-9-8-22-16(24)23-14-6-3-5-13(10-14)17(19,20)21/h1-7,10H,8-9,11H2,(H2,22,23,24). The van der Waals surface area contributed by atoms with Gasteiger partial charge in [0.05, 0.1) is 5.56 Å². The van der Waals surface area contributed by atoms with Crippen LogP contribution in [0.5, 0.6) is 0 Å². The Morgan fingerprint density at radius 1 is 1.08 bits per heavy atom. The molecule has 0 saturated carbocycles. The maximum Gasteiger partial charge on any atom is 0.416 e. The minimum atomic E-state index is -4.39. The molecule has 134 valence electrons. The van der Waals surface area contributed by atoms with Crippen LogP contribution in [0.15, 0.2) is 48.5 Å². The van der Waals surface area contributed by atoms with Crippen molar-refractivity contribution in [2.45, 2.75) is 11.9 Å². The first kappa shape index (κ1) is 19.5. The second-order valence-electron chi connectivity index (χ2n) is 5.10. The second kappa shape index (κ2) is 9.05. The van der Waals surface area contributed by atoms with Crippen molar-refractivity contribution in [3.63, 3.8) is 0 Å². The third-order valence-electron chi connectivity index (χ3n) is 3.20. The van der Waals surface area contributed by atoms with E-state index >= 15 is 0 Å². The van der Waals surface area contributed by atoms with E-state index in [4.69, 9.17) is 12.2 Å². The quantitative estimate of drug-likeness (QED) is 0.410. The first-order valence-electron chi connectivity index (χ1n) is 7.39. The van der Waals surface area contributed by atoms with Crippen LogP contribution in [0.2, 0.25) is 0 Å². The molecular formula is C17H16F4N2S2. The highest BCUT2D eigenvalue weighted by Crippen LogP contribution is 2.30. The molecule has 2 rings (SSSR count). The van der Waals surface area contributed by atoms with Gasteiger partial charge in [-0.05, 0) is 42.0 Å². The molecule has 0 saturated heterocycles. The number of thiocarbonyl (C=S) groups is 1. The summed E-state index contributed by atoms with van der Waals surface area (Å²) < 4.78 is 51.4. The van der Waals surface area contributed by atoms with Gasteiger partial charge < -0.3 is 10.6 Å². The van der Waals surface area contributed by atoms with Gasteiger partial charge in [0, 0.05) is 23.7 Å². The second-order valence-corrected chi connectivity index (χ2v) is 6.62. The van der Waals surface area contributed by atoms with Crippen LogP contribution in [-0.2, 0) is 11.9 Å². The summed E-state index contributed by atoms with van der Waals surface area (Å²) >= 11 is 6.60. The van der Waals surface area contributed by atoms with Crippen LogP contribution in [0.4, 0.5) is 23.2 Å². The summed E-state index contributed by atoms with van der Waals surface area (Å²) in [6.07, 6.45) is -4.39. The first-order valence-corrected chi connectivity index (χ1v) is 8.96. The number of thioether (sulfide) groups is 1. The SMILES string of the molecule is Fc1ccccc1CSCCNC(=S)Nc1cccc(C(F)(F)F)c1. The molecular weight excluding hydrogens is 372 g/mol. The molecule has 0 bridgehead atoms. The summed E-state index contributed by atoms with van der Waals surface area (Å²) in [6, 6.07) is 11.4. The Labute approximate surface area is 153 Å². The number of nitrogens with one attached hydrogen (secondary N) is 2. The van der Waals surface area contributed by atoms with Gasteiger partial charge in [-0.25, -0.2) is 4.39 Å². The van der Waals surface area contributed by atoms with Crippen molar-refractivity contribution >= 4 is 34.8 Å². The fraction of sp³-hybridized carbons (Fsp3) is 0.235. The summed E-state index contributed by atoms with van der Waals surface area (Å²) in [6.45, 7) is 0.518. The fourth-order valence-corrected chi connectivity index (χ4v) is 3.05. The molecule has 0 heterocycles. The molecule has 0 spiro atoms. The Morgan fingerprint density at radius 3 is 2.56 bits per heavy atom. The van der Waals surface area contributed by atoms with Crippen LogP contribution >= 0.6 is 24.0 Å². The molecule has 0 aliphatic carbocycles. The molecule has 0 unspecified atom stereocenters. The monoisotopic (exact) mass is 388 g/mol. The van der Waals surface area contributed by atoms with Crippen molar-refractivity contribution < 1.29 is 17.6 Å². The van der Waals surface area contributed by atoms with Gasteiger partial charge in [-0.3, -0.25) is 0 Å². The minimum absolute atomic E-state index is 0.232. The zero-order valence-electron chi connectivity index (χ0n) is 13.1. The first-order chi connectivity index (χ1) is 11.9. The molecule has 2 aromatic rings. The van der Waals surface area contributed by atoms with E-state index in [0.29, 0.717) is 23.6 Å². The van der Waals surface area contributed by atoms with Crippen molar-refractivity contribution in [1.82, 2.24) is 5.32 Å². The number of alkyl halides is 3. The Balaban J connectivity index is 1.72. The van der Waals surface area contributed by atoms with E-state index in [1.807, 2.05) is 0 Å². The molecule has 0 amide bonds. The van der Waals surface area contributed by atoms with Crippen molar-refractivity contribution in [3.8, 4) is 0 Å². The average Bonchev–Trinajstić information content (AvgIpc) is 2.55. The van der Waals surface area contributed by atoms with E-state index in [1.165, 1.54) is 30.0 Å². The topological polar surface area (TPSA) is 24.1 Å². The van der Waals surface area contributed by atoms with Crippen molar-refractivity contribution in [2.75, 3.05) is 17.6 Å². The predicted octanol–water partition coefficient (Wildman–Crippen LogP) is 5.06. The molecule has 2 N–H and O–H groups in total. The Kier molecular flexibility index (Phi) is 7.07. The molecule has 2 aromatic carbocycles. The summed E-state index contributed by atoms with van der Waals surface area (Å²) in [4.78, 5) is 0. The van der Waals surface area contributed by atoms with Crippen molar-refractivity contribution in [3.05, 3.63) is 65.5 Å². The molecule has 0 aromatic heterocycles. The van der Waals surface area contributed by atoms with Crippen LogP contribution in [-0.4, -0.2) is 17.4 Å². The molecule has 2 nitrogen and oxygen atoms in total. The number of benzene rings is 2. The largest absolute Gasteiger partial charge is 0.416 e. The zero-order chi connectivity index (χ0) is 18.3. The van der Waals surface area contributed by atoms with Crippen molar-refractivity contribution in [1.29, 1.82) is 0 Å². The van der Waals surface area contributed by atoms with Crippen molar-refractivity contribution in [2.24, 2.45) is 0 Å². The minimum Gasteiger partial charge on any atom is -0.362 e. The molecule has 0 aliphatic heterocycles. The third-order valence-corrected chi connectivity index (χ3v) is 4.45. The van der Waals surface area contributed by atoms with Gasteiger partial charge in [-0.2, -0.15) is 24.9 Å². The van der Waals surface area contributed by atoms with Crippen LogP contribution < -0.4 is 10.6 Å². The lowest BCUT2D eigenvalue weighted by molar-refractivity contribution is -0.137. The lowest BCUT2D eigenvalue weighted by Gasteiger charge is -2.12. The molecule has 0 radical (unpaired) electrons. The summed E-state index contributed by atoms with van der Waals surface area (Å²) in [5, 5.41) is 5.88. The van der Waals surface area contributed by atoms with Gasteiger partial charge in [0.15, 0.2) is 5.11 Å². The molecule has 0 aliphatic rings. The number of hydrogen-bond donors (Lipinski definition) is 2. The number of hydrogen-bond acceptors (Lipinski definition) is 2. The van der Waals surface area contributed by atoms with E-state index in [0.717, 1.165) is 12.1 Å². The smallest absolute Gasteiger partial charge is 0.362 e. The van der Waals surface area contributed by atoms with Crippen LogP contribution in [0.25, 0.3) is 0 Å². The highest BCUT2D eigenvalue weighted by molar-refractivity contribution is 7.98. The number of halogens is 4. The third kappa shape index (κ3) is 6.55. The van der Waals surface area contributed by atoms with Gasteiger partial charge in [0.25, 0.3) is 0 Å². The molecule has 0 fully saturated rings. The number of anilines is 1. The van der Waals surface area contributed by atoms with E-state index in [9.17, 15) is 17.6 Å². The molecule has 8 heteroatoms. The van der Waals surface area contributed by atoms with Gasteiger partial charge in [0.1, 0.15) is 5.82 Å². The molecule has 0 atom stereocenters. The van der Waals surface area contributed by atoms with E-state index < -0.39 is 11.7 Å². The Hall–Kier alpha value is -1.80. The van der Waals surface area contributed by atoms with E-state index in [1.54, 1.807) is 18.2 Å². The molecule has 25 heavy (non-hydrogen) atoms. The van der Waals surface area contributed by atoms with E-state index in [2.05, 4.69) is 10.6 Å². The van der Waals surface area contributed by atoms with Crippen LogP contribution in [0.3, 0.4) is 0 Å². The highest BCUT2D eigenvalue weighted by Gasteiger charge is 2.30. The van der Waals surface area contributed by atoms with Gasteiger partial charge in [-0.1, -0.05) is 24.3 Å². The number of rotatable bonds is 6. The van der Waals surface area contributed by atoms with Gasteiger partial charge >= 0.3 is 6.18 Å². The Bertz CT molecular complexity index is 720. The van der Waals surface area contributed by atoms with Gasteiger partial charge in [0.2, 0.25) is 0 Å². The summed E-state index contributed by atoms with van der Waals surface area (Å²) in [5.74, 6) is 0.991. The summed E-state index contributed by atoms with van der Waals surface area (Å²) in [7, 11) is 0. The normalized spacial score (nSPS) is 11.2. The predicted molar refractivity (Wildman–Crippen MR) is 98.2 cm³/mol.